The first kappa shape index (κ1) is 10.7. The SMILES string of the molecule is CCOc1c(O)cc(CC)c(C)c1O. The van der Waals surface area contributed by atoms with E-state index in [9.17, 15) is 10.2 Å². The molecule has 0 bridgehead atoms. The summed E-state index contributed by atoms with van der Waals surface area (Å²) in [6.07, 6.45) is 0.777. The molecule has 3 nitrogen and oxygen atoms in total. The normalized spacial score (nSPS) is 10.2. The van der Waals surface area contributed by atoms with Crippen LogP contribution < -0.4 is 4.74 Å². The van der Waals surface area contributed by atoms with Crippen molar-refractivity contribution in [1.82, 2.24) is 0 Å². The highest BCUT2D eigenvalue weighted by molar-refractivity contribution is 5.57. The molecule has 0 heterocycles. The first-order chi connectivity index (χ1) is 6.61. The Labute approximate surface area is 84.0 Å². The molecular weight excluding hydrogens is 180 g/mol. The minimum Gasteiger partial charge on any atom is -0.504 e. The van der Waals surface area contributed by atoms with Crippen LogP contribution in [0.4, 0.5) is 0 Å². The highest BCUT2D eigenvalue weighted by Gasteiger charge is 2.14. The van der Waals surface area contributed by atoms with Gasteiger partial charge < -0.3 is 14.9 Å². The fraction of sp³-hybridized carbons (Fsp3) is 0.455. The third-order valence-electron chi connectivity index (χ3n) is 2.27. The lowest BCUT2D eigenvalue weighted by molar-refractivity contribution is 0.297. The number of rotatable bonds is 3. The predicted molar refractivity (Wildman–Crippen MR) is 55.1 cm³/mol. The van der Waals surface area contributed by atoms with Gasteiger partial charge in [-0.2, -0.15) is 0 Å². The van der Waals surface area contributed by atoms with Crippen LogP contribution >= 0.6 is 0 Å². The van der Waals surface area contributed by atoms with E-state index in [0.717, 1.165) is 17.5 Å². The third kappa shape index (κ3) is 1.76. The molecule has 78 valence electrons. The molecule has 0 fully saturated rings. The van der Waals surface area contributed by atoms with Crippen molar-refractivity contribution in [2.45, 2.75) is 27.2 Å². The maximum Gasteiger partial charge on any atom is 0.203 e. The molecule has 1 aromatic rings. The van der Waals surface area contributed by atoms with Crippen molar-refractivity contribution in [3.8, 4) is 17.2 Å². The van der Waals surface area contributed by atoms with Crippen molar-refractivity contribution in [2.75, 3.05) is 6.61 Å². The van der Waals surface area contributed by atoms with E-state index < -0.39 is 0 Å². The molecular formula is C11H16O3. The summed E-state index contributed by atoms with van der Waals surface area (Å²) in [5.74, 6) is 0.234. The van der Waals surface area contributed by atoms with Crippen LogP contribution in [0.3, 0.4) is 0 Å². The van der Waals surface area contributed by atoms with E-state index in [1.165, 1.54) is 0 Å². The molecule has 0 atom stereocenters. The number of hydrogen-bond acceptors (Lipinski definition) is 3. The fourth-order valence-corrected chi connectivity index (χ4v) is 1.44. The Morgan fingerprint density at radius 3 is 2.43 bits per heavy atom. The number of hydrogen-bond donors (Lipinski definition) is 2. The standard InChI is InChI=1S/C11H16O3/c1-4-8-6-9(12)11(14-5-2)10(13)7(8)3/h6,12-13H,4-5H2,1-3H3. The lowest BCUT2D eigenvalue weighted by Crippen LogP contribution is -1.96. The second kappa shape index (κ2) is 4.22. The predicted octanol–water partition coefficient (Wildman–Crippen LogP) is 2.37. The molecule has 0 saturated carbocycles. The highest BCUT2D eigenvalue weighted by Crippen LogP contribution is 2.40. The molecule has 0 saturated heterocycles. The van der Waals surface area contributed by atoms with Crippen LogP contribution in [0.15, 0.2) is 6.07 Å². The Morgan fingerprint density at radius 1 is 1.29 bits per heavy atom. The molecule has 0 spiro atoms. The van der Waals surface area contributed by atoms with Gasteiger partial charge >= 0.3 is 0 Å². The highest BCUT2D eigenvalue weighted by atomic mass is 16.5. The molecule has 1 rings (SSSR count). The van der Waals surface area contributed by atoms with Crippen molar-refractivity contribution in [2.24, 2.45) is 0 Å². The van der Waals surface area contributed by atoms with Crippen molar-refractivity contribution in [1.29, 1.82) is 0 Å². The number of phenolic OH excluding ortho intramolecular Hbond substituents is 2. The average molecular weight is 196 g/mol. The molecule has 14 heavy (non-hydrogen) atoms. The Hall–Kier alpha value is -1.38. The van der Waals surface area contributed by atoms with Crippen LogP contribution in [0, 0.1) is 6.92 Å². The molecule has 2 N–H and O–H groups in total. The summed E-state index contributed by atoms with van der Waals surface area (Å²) in [4.78, 5) is 0. The largest absolute Gasteiger partial charge is 0.504 e. The minimum absolute atomic E-state index is 0.00630. The second-order valence-corrected chi connectivity index (χ2v) is 3.14. The Balaban J connectivity index is 3.26. The minimum atomic E-state index is 0.00630. The number of aromatic hydroxyl groups is 2. The van der Waals surface area contributed by atoms with Crippen LogP contribution in [0.1, 0.15) is 25.0 Å². The zero-order chi connectivity index (χ0) is 10.7. The number of ether oxygens (including phenoxy) is 1. The summed E-state index contributed by atoms with van der Waals surface area (Å²) in [7, 11) is 0. The fourth-order valence-electron chi connectivity index (χ4n) is 1.44. The quantitative estimate of drug-likeness (QED) is 0.780. The summed E-state index contributed by atoms with van der Waals surface area (Å²) in [6, 6.07) is 1.64. The maximum absolute atomic E-state index is 9.74. The van der Waals surface area contributed by atoms with Gasteiger partial charge in [0.05, 0.1) is 6.61 Å². The van der Waals surface area contributed by atoms with E-state index in [1.54, 1.807) is 6.07 Å². The second-order valence-electron chi connectivity index (χ2n) is 3.14. The van der Waals surface area contributed by atoms with Gasteiger partial charge in [-0.25, -0.2) is 0 Å². The van der Waals surface area contributed by atoms with Gasteiger partial charge in [-0.3, -0.25) is 0 Å². The number of benzene rings is 1. The van der Waals surface area contributed by atoms with Crippen LogP contribution in [0.5, 0.6) is 17.2 Å². The van der Waals surface area contributed by atoms with Gasteiger partial charge in [-0.15, -0.1) is 0 Å². The number of phenols is 2. The molecule has 0 radical (unpaired) electrons. The van der Waals surface area contributed by atoms with E-state index in [2.05, 4.69) is 0 Å². The summed E-state index contributed by atoms with van der Waals surface area (Å²) < 4.78 is 5.15. The van der Waals surface area contributed by atoms with Crippen molar-refractivity contribution >= 4 is 0 Å². The molecule has 0 aliphatic rings. The van der Waals surface area contributed by atoms with E-state index in [4.69, 9.17) is 4.74 Å². The Bertz CT molecular complexity index is 332. The van der Waals surface area contributed by atoms with Crippen LogP contribution in [-0.4, -0.2) is 16.8 Å². The monoisotopic (exact) mass is 196 g/mol. The van der Waals surface area contributed by atoms with Gasteiger partial charge in [0.1, 0.15) is 0 Å². The zero-order valence-corrected chi connectivity index (χ0v) is 8.79. The van der Waals surface area contributed by atoms with Crippen molar-refractivity contribution < 1.29 is 14.9 Å². The molecule has 0 amide bonds. The van der Waals surface area contributed by atoms with Crippen molar-refractivity contribution in [3.63, 3.8) is 0 Å². The lowest BCUT2D eigenvalue weighted by atomic mass is 10.0. The lowest BCUT2D eigenvalue weighted by Gasteiger charge is -2.13. The van der Waals surface area contributed by atoms with Crippen LogP contribution in [0.25, 0.3) is 0 Å². The molecule has 0 aromatic heterocycles. The van der Waals surface area contributed by atoms with E-state index in [-0.39, 0.29) is 17.2 Å². The van der Waals surface area contributed by atoms with Gasteiger partial charge in [0.15, 0.2) is 11.5 Å². The molecule has 0 aliphatic carbocycles. The average Bonchev–Trinajstić information content (AvgIpc) is 2.18. The van der Waals surface area contributed by atoms with Gasteiger partial charge in [0, 0.05) is 0 Å². The summed E-state index contributed by atoms with van der Waals surface area (Å²) >= 11 is 0. The summed E-state index contributed by atoms with van der Waals surface area (Å²) in [5, 5.41) is 19.3. The Kier molecular flexibility index (Phi) is 3.23. The molecule has 1 aromatic carbocycles. The van der Waals surface area contributed by atoms with Gasteiger partial charge in [-0.05, 0) is 37.5 Å². The van der Waals surface area contributed by atoms with Gasteiger partial charge in [0.2, 0.25) is 5.75 Å². The maximum atomic E-state index is 9.74. The molecule has 0 aliphatic heterocycles. The molecule has 3 heteroatoms. The molecule has 0 unspecified atom stereocenters. The van der Waals surface area contributed by atoms with Crippen LogP contribution in [0.2, 0.25) is 0 Å². The van der Waals surface area contributed by atoms with E-state index in [1.807, 2.05) is 20.8 Å². The van der Waals surface area contributed by atoms with E-state index >= 15 is 0 Å². The third-order valence-corrected chi connectivity index (χ3v) is 2.27. The van der Waals surface area contributed by atoms with Crippen LogP contribution in [-0.2, 0) is 6.42 Å². The van der Waals surface area contributed by atoms with Gasteiger partial charge in [-0.1, -0.05) is 6.92 Å². The Morgan fingerprint density at radius 2 is 1.93 bits per heavy atom. The van der Waals surface area contributed by atoms with Crippen molar-refractivity contribution in [3.05, 3.63) is 17.2 Å². The van der Waals surface area contributed by atoms with E-state index in [0.29, 0.717) is 6.61 Å². The van der Waals surface area contributed by atoms with Gasteiger partial charge in [0.25, 0.3) is 0 Å². The number of aryl methyl sites for hydroxylation is 1. The first-order valence-corrected chi connectivity index (χ1v) is 4.79. The summed E-state index contributed by atoms with van der Waals surface area (Å²) in [6.45, 7) is 6.02. The summed E-state index contributed by atoms with van der Waals surface area (Å²) in [5.41, 5.74) is 1.71. The first-order valence-electron chi connectivity index (χ1n) is 4.79. The smallest absolute Gasteiger partial charge is 0.203 e. The zero-order valence-electron chi connectivity index (χ0n) is 8.79. The topological polar surface area (TPSA) is 49.7 Å².